The van der Waals surface area contributed by atoms with Gasteiger partial charge in [-0.1, -0.05) is 0 Å². The average molecular weight is 301 g/mol. The van der Waals surface area contributed by atoms with Crippen LogP contribution < -0.4 is 0 Å². The van der Waals surface area contributed by atoms with E-state index in [0.717, 1.165) is 18.7 Å². The van der Waals surface area contributed by atoms with Crippen molar-refractivity contribution in [3.05, 3.63) is 41.8 Å². The van der Waals surface area contributed by atoms with Gasteiger partial charge in [0.15, 0.2) is 5.76 Å². The van der Waals surface area contributed by atoms with E-state index in [1.54, 1.807) is 24.5 Å². The number of ether oxygens (including phenoxy) is 1. The highest BCUT2D eigenvalue weighted by Gasteiger charge is 2.11. The van der Waals surface area contributed by atoms with Crippen molar-refractivity contribution in [2.75, 3.05) is 26.3 Å². The quantitative estimate of drug-likeness (QED) is 0.865. The summed E-state index contributed by atoms with van der Waals surface area (Å²) < 4.78 is 10.5. The van der Waals surface area contributed by atoms with Gasteiger partial charge < -0.3 is 14.3 Å². The van der Waals surface area contributed by atoms with Crippen molar-refractivity contribution in [1.82, 2.24) is 9.99 Å². The second-order valence-corrected chi connectivity index (χ2v) is 4.76. The standard InChI is InChI=1S/C15H15N3O4/c19-15(20)14-4-3-13(22-14)12-2-1-11(9-16-12)10-17-18-5-7-21-8-6-18/h1-4,9-10H,5-8H2,(H,19,20)/b17-10+. The molecule has 0 aromatic carbocycles. The number of rotatable bonds is 4. The number of nitrogens with zero attached hydrogens (tertiary/aromatic N) is 3. The Kier molecular flexibility index (Phi) is 4.15. The molecule has 2 aromatic heterocycles. The summed E-state index contributed by atoms with van der Waals surface area (Å²) in [6.07, 6.45) is 3.41. The number of hydrogen-bond acceptors (Lipinski definition) is 6. The summed E-state index contributed by atoms with van der Waals surface area (Å²) >= 11 is 0. The summed E-state index contributed by atoms with van der Waals surface area (Å²) in [7, 11) is 0. The van der Waals surface area contributed by atoms with Crippen LogP contribution in [0.5, 0.6) is 0 Å². The van der Waals surface area contributed by atoms with Gasteiger partial charge >= 0.3 is 5.97 Å². The topological polar surface area (TPSA) is 88.2 Å². The Morgan fingerprint density at radius 3 is 2.73 bits per heavy atom. The molecule has 1 saturated heterocycles. The van der Waals surface area contributed by atoms with Crippen molar-refractivity contribution in [2.24, 2.45) is 5.10 Å². The molecular formula is C15H15N3O4. The Morgan fingerprint density at radius 2 is 2.09 bits per heavy atom. The second kappa shape index (κ2) is 6.40. The number of carbonyl (C=O) groups is 1. The molecule has 3 heterocycles. The van der Waals surface area contributed by atoms with E-state index in [-0.39, 0.29) is 5.76 Å². The van der Waals surface area contributed by atoms with E-state index in [2.05, 4.69) is 10.1 Å². The zero-order valence-corrected chi connectivity index (χ0v) is 11.8. The maximum Gasteiger partial charge on any atom is 0.371 e. The third-order valence-corrected chi connectivity index (χ3v) is 3.21. The van der Waals surface area contributed by atoms with Gasteiger partial charge in [0.2, 0.25) is 5.76 Å². The van der Waals surface area contributed by atoms with Crippen LogP contribution in [-0.2, 0) is 4.74 Å². The lowest BCUT2D eigenvalue weighted by molar-refractivity contribution is 0.0397. The number of pyridine rings is 1. The number of aromatic carboxylic acids is 1. The molecule has 1 fully saturated rings. The van der Waals surface area contributed by atoms with Crippen LogP contribution in [0.2, 0.25) is 0 Å². The second-order valence-electron chi connectivity index (χ2n) is 4.76. The van der Waals surface area contributed by atoms with Crippen LogP contribution in [0.1, 0.15) is 16.1 Å². The normalized spacial score (nSPS) is 15.4. The summed E-state index contributed by atoms with van der Waals surface area (Å²) in [6.45, 7) is 2.95. The number of furan rings is 1. The third-order valence-electron chi connectivity index (χ3n) is 3.21. The fraction of sp³-hybridized carbons (Fsp3) is 0.267. The number of carboxylic acids is 1. The van der Waals surface area contributed by atoms with Crippen LogP contribution in [0.4, 0.5) is 0 Å². The first-order chi connectivity index (χ1) is 10.7. The Morgan fingerprint density at radius 1 is 1.27 bits per heavy atom. The zero-order valence-electron chi connectivity index (χ0n) is 11.8. The maximum atomic E-state index is 10.8. The monoisotopic (exact) mass is 301 g/mol. The van der Waals surface area contributed by atoms with Crippen molar-refractivity contribution in [3.63, 3.8) is 0 Å². The molecule has 1 aliphatic heterocycles. The van der Waals surface area contributed by atoms with Gasteiger partial charge in [-0.05, 0) is 24.3 Å². The lowest BCUT2D eigenvalue weighted by Gasteiger charge is -2.23. The van der Waals surface area contributed by atoms with E-state index >= 15 is 0 Å². The molecule has 0 saturated carbocycles. The van der Waals surface area contributed by atoms with Gasteiger partial charge in [-0.25, -0.2) is 4.79 Å². The van der Waals surface area contributed by atoms with Crippen LogP contribution in [0.25, 0.3) is 11.5 Å². The summed E-state index contributed by atoms with van der Waals surface area (Å²) in [5.41, 5.74) is 1.44. The molecule has 114 valence electrons. The van der Waals surface area contributed by atoms with Gasteiger partial charge in [0.1, 0.15) is 5.69 Å². The molecule has 7 heteroatoms. The van der Waals surface area contributed by atoms with Crippen molar-refractivity contribution in [1.29, 1.82) is 0 Å². The van der Waals surface area contributed by atoms with Gasteiger partial charge in [-0.2, -0.15) is 5.10 Å². The number of carboxylic acid groups (broad SMARTS) is 1. The molecule has 1 N–H and O–H groups in total. The predicted molar refractivity (Wildman–Crippen MR) is 78.9 cm³/mol. The fourth-order valence-corrected chi connectivity index (χ4v) is 2.04. The first kappa shape index (κ1) is 14.3. The molecule has 0 bridgehead atoms. The highest BCUT2D eigenvalue weighted by atomic mass is 16.5. The molecule has 0 atom stereocenters. The number of aromatic nitrogens is 1. The number of hydrogen-bond donors (Lipinski definition) is 1. The summed E-state index contributed by atoms with van der Waals surface area (Å²) in [5.74, 6) is -0.774. The number of hydrazone groups is 1. The van der Waals surface area contributed by atoms with E-state index in [9.17, 15) is 4.79 Å². The van der Waals surface area contributed by atoms with E-state index in [0.29, 0.717) is 24.7 Å². The van der Waals surface area contributed by atoms with Crippen molar-refractivity contribution in [2.45, 2.75) is 0 Å². The molecular weight excluding hydrogens is 286 g/mol. The Balaban J connectivity index is 1.69. The van der Waals surface area contributed by atoms with E-state index in [1.165, 1.54) is 6.07 Å². The van der Waals surface area contributed by atoms with Crippen molar-refractivity contribution < 1.29 is 19.1 Å². The van der Waals surface area contributed by atoms with Crippen LogP contribution in [0.15, 0.2) is 40.0 Å². The summed E-state index contributed by atoms with van der Waals surface area (Å²) in [5, 5.41) is 15.2. The van der Waals surface area contributed by atoms with Gasteiger partial charge in [0.25, 0.3) is 0 Å². The minimum Gasteiger partial charge on any atom is -0.475 e. The smallest absolute Gasteiger partial charge is 0.371 e. The van der Waals surface area contributed by atoms with Crippen LogP contribution in [0.3, 0.4) is 0 Å². The molecule has 0 unspecified atom stereocenters. The lowest BCUT2D eigenvalue weighted by Crippen LogP contribution is -2.32. The molecule has 3 rings (SSSR count). The fourth-order valence-electron chi connectivity index (χ4n) is 2.04. The molecule has 0 spiro atoms. The van der Waals surface area contributed by atoms with Gasteiger partial charge in [-0.15, -0.1) is 0 Å². The first-order valence-electron chi connectivity index (χ1n) is 6.88. The first-order valence-corrected chi connectivity index (χ1v) is 6.88. The highest BCUT2D eigenvalue weighted by molar-refractivity contribution is 5.85. The van der Waals surface area contributed by atoms with Crippen LogP contribution >= 0.6 is 0 Å². The lowest BCUT2D eigenvalue weighted by atomic mass is 10.2. The summed E-state index contributed by atoms with van der Waals surface area (Å²) in [4.78, 5) is 15.1. The minimum atomic E-state index is -1.10. The Hall–Kier alpha value is -2.67. The Labute approximate surface area is 126 Å². The molecule has 7 nitrogen and oxygen atoms in total. The predicted octanol–water partition coefficient (Wildman–Crippen LogP) is 1.71. The summed E-state index contributed by atoms with van der Waals surface area (Å²) in [6, 6.07) is 6.63. The molecule has 0 amide bonds. The molecule has 22 heavy (non-hydrogen) atoms. The van der Waals surface area contributed by atoms with Gasteiger partial charge in [0, 0.05) is 11.8 Å². The largest absolute Gasteiger partial charge is 0.475 e. The molecule has 2 aromatic rings. The zero-order chi connectivity index (χ0) is 15.4. The van der Waals surface area contributed by atoms with E-state index in [1.807, 2.05) is 11.1 Å². The van der Waals surface area contributed by atoms with E-state index in [4.69, 9.17) is 14.3 Å². The Bertz CT molecular complexity index is 672. The van der Waals surface area contributed by atoms with Gasteiger partial charge in [-0.3, -0.25) is 9.99 Å². The SMILES string of the molecule is O=C(O)c1ccc(-c2ccc(/C=N/N3CCOCC3)cn2)o1. The van der Waals surface area contributed by atoms with Crippen molar-refractivity contribution in [3.8, 4) is 11.5 Å². The number of morpholine rings is 1. The molecule has 1 aliphatic rings. The molecule has 0 radical (unpaired) electrons. The van der Waals surface area contributed by atoms with Crippen molar-refractivity contribution >= 4 is 12.2 Å². The third kappa shape index (κ3) is 3.32. The van der Waals surface area contributed by atoms with Crippen LogP contribution in [0, 0.1) is 0 Å². The van der Waals surface area contributed by atoms with Crippen LogP contribution in [-0.4, -0.2) is 53.6 Å². The average Bonchev–Trinajstić information content (AvgIpc) is 3.05. The maximum absolute atomic E-state index is 10.8. The van der Waals surface area contributed by atoms with E-state index < -0.39 is 5.97 Å². The molecule has 0 aliphatic carbocycles. The van der Waals surface area contributed by atoms with Gasteiger partial charge in [0.05, 0.1) is 32.5 Å². The minimum absolute atomic E-state index is 0.102. The highest BCUT2D eigenvalue weighted by Crippen LogP contribution is 2.20.